The Bertz CT molecular complexity index is 565. The lowest BCUT2D eigenvalue weighted by Gasteiger charge is -2.25. The molecule has 0 spiro atoms. The standard InChI is InChI=1S/C12H14FNO3S/c13-11-6-9(2-1-5-14)3-4-12(11)18(15,16)10-7-17-8-10/h1-4,6,10H,5,7-8,14H2/b2-1+. The van der Waals surface area contributed by atoms with Gasteiger partial charge in [-0.1, -0.05) is 18.2 Å². The molecule has 1 aromatic rings. The molecule has 4 nitrogen and oxygen atoms in total. The van der Waals surface area contributed by atoms with E-state index in [-0.39, 0.29) is 18.1 Å². The molecule has 0 radical (unpaired) electrons. The van der Waals surface area contributed by atoms with Crippen LogP contribution in [0.4, 0.5) is 4.39 Å². The number of halogens is 1. The predicted octanol–water partition coefficient (Wildman–Crippen LogP) is 0.970. The van der Waals surface area contributed by atoms with Crippen LogP contribution >= 0.6 is 0 Å². The molecule has 1 saturated heterocycles. The van der Waals surface area contributed by atoms with Crippen LogP contribution in [0.15, 0.2) is 29.2 Å². The highest BCUT2D eigenvalue weighted by atomic mass is 32.2. The maximum Gasteiger partial charge on any atom is 0.188 e. The van der Waals surface area contributed by atoms with Crippen molar-refractivity contribution >= 4 is 15.9 Å². The Morgan fingerprint density at radius 1 is 1.44 bits per heavy atom. The van der Waals surface area contributed by atoms with Crippen LogP contribution in [0.3, 0.4) is 0 Å². The summed E-state index contributed by atoms with van der Waals surface area (Å²) >= 11 is 0. The first-order valence-electron chi connectivity index (χ1n) is 5.53. The van der Waals surface area contributed by atoms with Crippen LogP contribution in [0.1, 0.15) is 5.56 Å². The molecular formula is C12H14FNO3S. The summed E-state index contributed by atoms with van der Waals surface area (Å²) in [7, 11) is -3.62. The zero-order chi connectivity index (χ0) is 13.2. The molecule has 0 atom stereocenters. The molecule has 2 rings (SSSR count). The third-order valence-electron chi connectivity index (χ3n) is 2.76. The van der Waals surface area contributed by atoms with E-state index >= 15 is 0 Å². The van der Waals surface area contributed by atoms with Gasteiger partial charge in [-0.15, -0.1) is 0 Å². The molecule has 0 unspecified atom stereocenters. The highest BCUT2D eigenvalue weighted by molar-refractivity contribution is 7.92. The van der Waals surface area contributed by atoms with Gasteiger partial charge < -0.3 is 10.5 Å². The first-order chi connectivity index (χ1) is 8.55. The molecule has 2 N–H and O–H groups in total. The Balaban J connectivity index is 2.32. The first kappa shape index (κ1) is 13.2. The molecule has 1 aliphatic heterocycles. The summed E-state index contributed by atoms with van der Waals surface area (Å²) in [5.41, 5.74) is 5.87. The molecule has 1 aliphatic rings. The van der Waals surface area contributed by atoms with Crippen molar-refractivity contribution in [2.45, 2.75) is 10.1 Å². The second-order valence-corrected chi connectivity index (χ2v) is 6.23. The van der Waals surface area contributed by atoms with Gasteiger partial charge >= 0.3 is 0 Å². The van der Waals surface area contributed by atoms with Crippen molar-refractivity contribution in [3.63, 3.8) is 0 Å². The van der Waals surface area contributed by atoms with Gasteiger partial charge in [0.2, 0.25) is 0 Å². The second kappa shape index (κ2) is 5.17. The average molecular weight is 271 g/mol. The summed E-state index contributed by atoms with van der Waals surface area (Å²) in [6, 6.07) is 4.04. The van der Waals surface area contributed by atoms with Crippen LogP contribution in [0.5, 0.6) is 0 Å². The SMILES string of the molecule is NC/C=C/c1ccc(S(=O)(=O)C2COC2)c(F)c1. The number of benzene rings is 1. The lowest BCUT2D eigenvalue weighted by molar-refractivity contribution is 0.0415. The molecule has 1 fully saturated rings. The Morgan fingerprint density at radius 3 is 2.67 bits per heavy atom. The van der Waals surface area contributed by atoms with E-state index in [0.717, 1.165) is 0 Å². The normalized spacial score (nSPS) is 17.0. The van der Waals surface area contributed by atoms with Gasteiger partial charge in [0.25, 0.3) is 0 Å². The fourth-order valence-corrected chi connectivity index (χ4v) is 3.13. The highest BCUT2D eigenvalue weighted by Crippen LogP contribution is 2.24. The van der Waals surface area contributed by atoms with Crippen LogP contribution in [0.2, 0.25) is 0 Å². The first-order valence-corrected chi connectivity index (χ1v) is 7.08. The molecule has 1 heterocycles. The molecule has 6 heteroatoms. The van der Waals surface area contributed by atoms with E-state index in [0.29, 0.717) is 12.1 Å². The van der Waals surface area contributed by atoms with Crippen molar-refractivity contribution < 1.29 is 17.5 Å². The van der Waals surface area contributed by atoms with E-state index in [4.69, 9.17) is 10.5 Å². The van der Waals surface area contributed by atoms with E-state index in [1.165, 1.54) is 12.1 Å². The summed E-state index contributed by atoms with van der Waals surface area (Å²) in [6.07, 6.45) is 3.31. The van der Waals surface area contributed by atoms with Crippen molar-refractivity contribution in [3.8, 4) is 0 Å². The molecule has 0 aromatic heterocycles. The Hall–Kier alpha value is -1.24. The number of ether oxygens (including phenoxy) is 1. The molecule has 0 amide bonds. The van der Waals surface area contributed by atoms with E-state index in [1.54, 1.807) is 18.2 Å². The third-order valence-corrected chi connectivity index (χ3v) is 4.85. The zero-order valence-corrected chi connectivity index (χ0v) is 10.5. The molecule has 98 valence electrons. The number of rotatable bonds is 4. The molecule has 18 heavy (non-hydrogen) atoms. The highest BCUT2D eigenvalue weighted by Gasteiger charge is 2.35. The number of sulfone groups is 1. The van der Waals surface area contributed by atoms with E-state index < -0.39 is 20.9 Å². The lowest BCUT2D eigenvalue weighted by Crippen LogP contribution is -2.40. The smallest absolute Gasteiger partial charge is 0.188 e. The second-order valence-electron chi connectivity index (χ2n) is 4.03. The van der Waals surface area contributed by atoms with Gasteiger partial charge in [0, 0.05) is 6.54 Å². The third kappa shape index (κ3) is 2.45. The van der Waals surface area contributed by atoms with Crippen LogP contribution in [0.25, 0.3) is 6.08 Å². The maximum absolute atomic E-state index is 13.8. The van der Waals surface area contributed by atoms with Gasteiger partial charge in [-0.05, 0) is 17.7 Å². The summed E-state index contributed by atoms with van der Waals surface area (Å²) in [6.45, 7) is 0.619. The lowest BCUT2D eigenvalue weighted by atomic mass is 10.2. The van der Waals surface area contributed by atoms with Gasteiger partial charge in [-0.25, -0.2) is 12.8 Å². The van der Waals surface area contributed by atoms with Crippen LogP contribution in [-0.4, -0.2) is 33.4 Å². The minimum atomic E-state index is -3.62. The quantitative estimate of drug-likeness (QED) is 0.886. The monoisotopic (exact) mass is 271 g/mol. The van der Waals surface area contributed by atoms with E-state index in [2.05, 4.69) is 0 Å². The number of hydrogen-bond donors (Lipinski definition) is 1. The Kier molecular flexibility index (Phi) is 3.79. The van der Waals surface area contributed by atoms with Crippen LogP contribution in [0, 0.1) is 5.82 Å². The Labute approximate surface area is 105 Å². The van der Waals surface area contributed by atoms with Gasteiger partial charge in [-0.3, -0.25) is 0 Å². The fourth-order valence-electron chi connectivity index (χ4n) is 1.63. The van der Waals surface area contributed by atoms with Crippen molar-refractivity contribution in [2.24, 2.45) is 5.73 Å². The minimum Gasteiger partial charge on any atom is -0.379 e. The molecule has 1 aromatic carbocycles. The summed E-state index contributed by atoms with van der Waals surface area (Å²) < 4.78 is 42.6. The average Bonchev–Trinajstić information content (AvgIpc) is 2.22. The predicted molar refractivity (Wildman–Crippen MR) is 66.3 cm³/mol. The van der Waals surface area contributed by atoms with Gasteiger partial charge in [0.05, 0.1) is 13.2 Å². The molecule has 0 saturated carbocycles. The number of hydrogen-bond acceptors (Lipinski definition) is 4. The van der Waals surface area contributed by atoms with Gasteiger partial charge in [0.1, 0.15) is 16.0 Å². The van der Waals surface area contributed by atoms with Crippen molar-refractivity contribution in [3.05, 3.63) is 35.7 Å². The number of nitrogens with two attached hydrogens (primary N) is 1. The van der Waals surface area contributed by atoms with Crippen LogP contribution in [-0.2, 0) is 14.6 Å². The van der Waals surface area contributed by atoms with Crippen molar-refractivity contribution in [2.75, 3.05) is 19.8 Å². The van der Waals surface area contributed by atoms with Crippen molar-refractivity contribution in [1.82, 2.24) is 0 Å². The topological polar surface area (TPSA) is 69.4 Å². The maximum atomic E-state index is 13.8. The van der Waals surface area contributed by atoms with Crippen LogP contribution < -0.4 is 5.73 Å². The molecule has 0 aliphatic carbocycles. The Morgan fingerprint density at radius 2 is 2.17 bits per heavy atom. The van der Waals surface area contributed by atoms with E-state index in [9.17, 15) is 12.8 Å². The minimum absolute atomic E-state index is 0.136. The largest absolute Gasteiger partial charge is 0.379 e. The molecular weight excluding hydrogens is 257 g/mol. The zero-order valence-electron chi connectivity index (χ0n) is 9.67. The summed E-state index contributed by atoms with van der Waals surface area (Å²) in [5, 5.41) is -0.627. The van der Waals surface area contributed by atoms with E-state index in [1.807, 2.05) is 0 Å². The van der Waals surface area contributed by atoms with Gasteiger partial charge in [-0.2, -0.15) is 0 Å². The molecule has 0 bridgehead atoms. The fraction of sp³-hybridized carbons (Fsp3) is 0.333. The van der Waals surface area contributed by atoms with Gasteiger partial charge in [0.15, 0.2) is 9.84 Å². The summed E-state index contributed by atoms with van der Waals surface area (Å²) in [4.78, 5) is -0.263. The summed E-state index contributed by atoms with van der Waals surface area (Å²) in [5.74, 6) is -0.735. The van der Waals surface area contributed by atoms with Crippen molar-refractivity contribution in [1.29, 1.82) is 0 Å².